The summed E-state index contributed by atoms with van der Waals surface area (Å²) in [6.07, 6.45) is 2.79. The highest BCUT2D eigenvalue weighted by Gasteiger charge is 2.49. The highest BCUT2D eigenvalue weighted by molar-refractivity contribution is 5.54. The Balaban J connectivity index is 1.35. The van der Waals surface area contributed by atoms with Gasteiger partial charge in [-0.15, -0.1) is 5.10 Å². The Morgan fingerprint density at radius 1 is 1.08 bits per heavy atom. The fraction of sp³-hybridized carbons (Fsp3) is 0.588. The van der Waals surface area contributed by atoms with Crippen LogP contribution >= 0.6 is 0 Å². The van der Waals surface area contributed by atoms with E-state index in [1.165, 1.54) is 12.8 Å². The molecule has 2 aliphatic heterocycles. The number of fused-ring (bicyclic) bond motifs is 1. The molecule has 1 saturated carbocycles. The van der Waals surface area contributed by atoms with E-state index in [0.29, 0.717) is 13.2 Å². The number of hydrogen-bond donors (Lipinski definition) is 1. The van der Waals surface area contributed by atoms with E-state index in [0.717, 1.165) is 23.9 Å². The van der Waals surface area contributed by atoms with Crippen LogP contribution < -0.4 is 5.32 Å². The van der Waals surface area contributed by atoms with Crippen LogP contribution in [0.2, 0.25) is 0 Å². The summed E-state index contributed by atoms with van der Waals surface area (Å²) in [5.41, 5.74) is 1.01. The molecule has 2 saturated heterocycles. The maximum atomic E-state index is 6.07. The van der Waals surface area contributed by atoms with Crippen LogP contribution in [0.25, 0.3) is 11.4 Å². The van der Waals surface area contributed by atoms with Crippen molar-refractivity contribution in [1.82, 2.24) is 25.5 Å². The first-order valence-corrected chi connectivity index (χ1v) is 8.70. The van der Waals surface area contributed by atoms with Crippen molar-refractivity contribution < 1.29 is 9.47 Å². The molecule has 5 rings (SSSR count). The molecular weight excluding hydrogens is 306 g/mol. The number of aromatic nitrogens is 4. The van der Waals surface area contributed by atoms with Crippen molar-refractivity contribution in [2.24, 2.45) is 5.92 Å². The van der Waals surface area contributed by atoms with Gasteiger partial charge in [-0.25, -0.2) is 4.68 Å². The van der Waals surface area contributed by atoms with Crippen molar-refractivity contribution in [2.75, 3.05) is 19.8 Å². The number of ether oxygens (including phenoxy) is 2. The van der Waals surface area contributed by atoms with E-state index in [2.05, 4.69) is 20.8 Å². The molecule has 0 bridgehead atoms. The van der Waals surface area contributed by atoms with E-state index in [1.807, 2.05) is 35.0 Å². The van der Waals surface area contributed by atoms with Gasteiger partial charge in [0.25, 0.3) is 0 Å². The van der Waals surface area contributed by atoms with E-state index >= 15 is 0 Å². The lowest BCUT2D eigenvalue weighted by Crippen LogP contribution is -2.41. The number of nitrogens with zero attached hydrogens (tertiary/aromatic N) is 4. The fourth-order valence-corrected chi connectivity index (χ4v) is 3.70. The Labute approximate surface area is 140 Å². The smallest absolute Gasteiger partial charge is 0.182 e. The van der Waals surface area contributed by atoms with Gasteiger partial charge < -0.3 is 14.8 Å². The molecule has 1 aromatic carbocycles. The molecule has 0 spiro atoms. The van der Waals surface area contributed by atoms with Gasteiger partial charge in [0.05, 0.1) is 19.3 Å². The van der Waals surface area contributed by atoms with Crippen LogP contribution in [0.1, 0.15) is 18.9 Å². The van der Waals surface area contributed by atoms with Gasteiger partial charge in [0.15, 0.2) is 5.82 Å². The van der Waals surface area contributed by atoms with Crippen molar-refractivity contribution in [3.63, 3.8) is 0 Å². The molecule has 126 valence electrons. The Hall–Kier alpha value is -1.83. The Morgan fingerprint density at radius 2 is 1.92 bits per heavy atom. The Morgan fingerprint density at radius 3 is 2.75 bits per heavy atom. The highest BCUT2D eigenvalue weighted by Crippen LogP contribution is 2.36. The van der Waals surface area contributed by atoms with E-state index in [1.54, 1.807) is 0 Å². The molecule has 3 fully saturated rings. The van der Waals surface area contributed by atoms with Crippen LogP contribution in [0.5, 0.6) is 0 Å². The van der Waals surface area contributed by atoms with E-state index in [4.69, 9.17) is 9.47 Å². The molecule has 1 N–H and O–H groups in total. The summed E-state index contributed by atoms with van der Waals surface area (Å²) in [7, 11) is 0. The lowest BCUT2D eigenvalue weighted by molar-refractivity contribution is 0.0621. The van der Waals surface area contributed by atoms with E-state index < -0.39 is 0 Å². The molecule has 7 nitrogen and oxygen atoms in total. The molecular formula is C17H21N5O2. The third-order valence-electron chi connectivity index (χ3n) is 5.23. The van der Waals surface area contributed by atoms with Crippen molar-refractivity contribution in [1.29, 1.82) is 0 Å². The zero-order chi connectivity index (χ0) is 15.9. The topological polar surface area (TPSA) is 74.1 Å². The van der Waals surface area contributed by atoms with E-state index in [9.17, 15) is 0 Å². The second kappa shape index (κ2) is 5.91. The summed E-state index contributed by atoms with van der Waals surface area (Å²) >= 11 is 0. The van der Waals surface area contributed by atoms with Crippen molar-refractivity contribution in [3.05, 3.63) is 30.3 Å². The van der Waals surface area contributed by atoms with Crippen molar-refractivity contribution in [3.8, 4) is 11.4 Å². The largest absolute Gasteiger partial charge is 0.371 e. The second-order valence-corrected chi connectivity index (χ2v) is 6.93. The third-order valence-corrected chi connectivity index (χ3v) is 5.23. The minimum Gasteiger partial charge on any atom is -0.371 e. The number of benzene rings is 1. The monoisotopic (exact) mass is 327 g/mol. The molecule has 0 radical (unpaired) electrons. The Bertz CT molecular complexity index is 702. The molecule has 3 heterocycles. The van der Waals surface area contributed by atoms with Crippen LogP contribution in [-0.2, 0) is 9.47 Å². The maximum Gasteiger partial charge on any atom is 0.182 e. The lowest BCUT2D eigenvalue weighted by atomic mass is 10.1. The summed E-state index contributed by atoms with van der Waals surface area (Å²) in [5.74, 6) is 1.62. The first-order valence-electron chi connectivity index (χ1n) is 8.70. The third kappa shape index (κ3) is 2.53. The van der Waals surface area contributed by atoms with Gasteiger partial charge in [-0.05, 0) is 35.7 Å². The van der Waals surface area contributed by atoms with Gasteiger partial charge >= 0.3 is 0 Å². The SMILES string of the molecule is c1ccc(-c2nnnn2C2COC3C(NCC4CC4)COC32)cc1. The standard InChI is InChI=1S/C17H21N5O2/c1-2-4-12(5-3-1)17-19-20-21-22(17)14-10-24-15-13(9-23-16(14)15)18-8-11-6-7-11/h1-5,11,13-16,18H,6-10H2. The zero-order valence-electron chi connectivity index (χ0n) is 13.4. The average molecular weight is 327 g/mol. The van der Waals surface area contributed by atoms with Crippen LogP contribution in [0.4, 0.5) is 0 Å². The average Bonchev–Trinajstić information content (AvgIpc) is 3.01. The van der Waals surface area contributed by atoms with Gasteiger partial charge in [0.1, 0.15) is 18.2 Å². The highest BCUT2D eigenvalue weighted by atomic mass is 16.6. The zero-order valence-corrected chi connectivity index (χ0v) is 13.4. The number of rotatable bonds is 5. The van der Waals surface area contributed by atoms with Gasteiger partial charge in [-0.3, -0.25) is 0 Å². The van der Waals surface area contributed by atoms with Gasteiger partial charge in [-0.2, -0.15) is 0 Å². The summed E-state index contributed by atoms with van der Waals surface area (Å²) in [5, 5.41) is 15.9. The van der Waals surface area contributed by atoms with Crippen molar-refractivity contribution in [2.45, 2.75) is 37.1 Å². The summed E-state index contributed by atoms with van der Waals surface area (Å²) in [4.78, 5) is 0. The number of nitrogens with one attached hydrogen (secondary N) is 1. The van der Waals surface area contributed by atoms with E-state index in [-0.39, 0.29) is 24.3 Å². The molecule has 0 amide bonds. The van der Waals surface area contributed by atoms with Gasteiger partial charge in [-0.1, -0.05) is 30.3 Å². The number of tetrazole rings is 1. The van der Waals surface area contributed by atoms with Crippen LogP contribution in [0, 0.1) is 5.92 Å². The fourth-order valence-electron chi connectivity index (χ4n) is 3.70. The van der Waals surface area contributed by atoms with Crippen LogP contribution in [-0.4, -0.2) is 58.2 Å². The molecule has 3 aliphatic rings. The summed E-state index contributed by atoms with van der Waals surface area (Å²) in [6.45, 7) is 2.36. The van der Waals surface area contributed by atoms with Crippen molar-refractivity contribution >= 4 is 0 Å². The second-order valence-electron chi connectivity index (χ2n) is 6.93. The normalized spacial score (nSPS) is 32.2. The minimum absolute atomic E-state index is 0.00710. The predicted molar refractivity (Wildman–Crippen MR) is 86.3 cm³/mol. The Kier molecular flexibility index (Phi) is 3.57. The first kappa shape index (κ1) is 14.5. The molecule has 7 heteroatoms. The van der Waals surface area contributed by atoms with Gasteiger partial charge in [0, 0.05) is 5.56 Å². The first-order chi connectivity index (χ1) is 11.9. The molecule has 2 aromatic rings. The minimum atomic E-state index is 0.00710. The molecule has 1 aliphatic carbocycles. The molecule has 1 aromatic heterocycles. The quantitative estimate of drug-likeness (QED) is 0.885. The maximum absolute atomic E-state index is 6.07. The van der Waals surface area contributed by atoms with Gasteiger partial charge in [0.2, 0.25) is 0 Å². The summed E-state index contributed by atoms with van der Waals surface area (Å²) < 4.78 is 14.0. The van der Waals surface area contributed by atoms with Crippen LogP contribution in [0.3, 0.4) is 0 Å². The number of hydrogen-bond acceptors (Lipinski definition) is 6. The van der Waals surface area contributed by atoms with Crippen LogP contribution in [0.15, 0.2) is 30.3 Å². The molecule has 24 heavy (non-hydrogen) atoms. The molecule has 4 atom stereocenters. The predicted octanol–water partition coefficient (Wildman–Crippen LogP) is 1.05. The lowest BCUT2D eigenvalue weighted by Gasteiger charge is -2.18. The summed E-state index contributed by atoms with van der Waals surface area (Å²) in [6, 6.07) is 10.3. The molecule has 4 unspecified atom stereocenters.